The van der Waals surface area contributed by atoms with Crippen molar-refractivity contribution in [1.82, 2.24) is 14.7 Å². The van der Waals surface area contributed by atoms with Gasteiger partial charge in [-0.15, -0.1) is 0 Å². The molecular formula is C20H26Cl2N4O3. The zero-order valence-electron chi connectivity index (χ0n) is 16.5. The first-order valence-corrected chi connectivity index (χ1v) is 10.6. The number of halogens is 2. The van der Waals surface area contributed by atoms with Crippen LogP contribution in [0.25, 0.3) is 0 Å². The molecule has 0 spiro atoms. The fourth-order valence-corrected chi connectivity index (χ4v) is 4.32. The van der Waals surface area contributed by atoms with Crippen LogP contribution in [0.1, 0.15) is 25.7 Å². The Labute approximate surface area is 180 Å². The smallest absolute Gasteiger partial charge is 0.319 e. The summed E-state index contributed by atoms with van der Waals surface area (Å²) in [5, 5.41) is 3.35. The number of nitrogens with one attached hydrogen (secondary N) is 1. The zero-order valence-corrected chi connectivity index (χ0v) is 18.0. The molecule has 2 saturated heterocycles. The maximum Gasteiger partial charge on any atom is 0.319 e. The van der Waals surface area contributed by atoms with Crippen molar-refractivity contribution in [2.24, 2.45) is 5.92 Å². The second-order valence-electron chi connectivity index (χ2n) is 7.58. The van der Waals surface area contributed by atoms with Crippen LogP contribution in [0.2, 0.25) is 10.0 Å². The van der Waals surface area contributed by atoms with Gasteiger partial charge in [0.1, 0.15) is 0 Å². The number of rotatable bonds is 4. The summed E-state index contributed by atoms with van der Waals surface area (Å²) in [5.74, 6) is -0.629. The molecule has 0 atom stereocenters. The highest BCUT2D eigenvalue weighted by atomic mass is 35.5. The predicted octanol–water partition coefficient (Wildman–Crippen LogP) is 3.32. The van der Waals surface area contributed by atoms with Gasteiger partial charge in [-0.2, -0.15) is 0 Å². The molecule has 1 aromatic carbocycles. The molecule has 1 aromatic rings. The molecule has 0 saturated carbocycles. The van der Waals surface area contributed by atoms with Crippen molar-refractivity contribution in [2.45, 2.75) is 25.7 Å². The van der Waals surface area contributed by atoms with Gasteiger partial charge in [0, 0.05) is 39.1 Å². The Kier molecular flexibility index (Phi) is 7.24. The molecule has 2 heterocycles. The molecule has 9 heteroatoms. The molecule has 0 bridgehead atoms. The van der Waals surface area contributed by atoms with Crippen LogP contribution in [0.15, 0.2) is 18.2 Å². The van der Waals surface area contributed by atoms with E-state index in [0.29, 0.717) is 41.7 Å². The summed E-state index contributed by atoms with van der Waals surface area (Å²) in [7, 11) is 1.61. The van der Waals surface area contributed by atoms with Crippen LogP contribution in [0.5, 0.6) is 0 Å². The van der Waals surface area contributed by atoms with Crippen LogP contribution in [0.4, 0.5) is 10.5 Å². The molecule has 2 aliphatic rings. The van der Waals surface area contributed by atoms with E-state index in [1.54, 1.807) is 25.2 Å². The molecule has 3 rings (SSSR count). The lowest BCUT2D eigenvalue weighted by atomic mass is 9.95. The number of carbonyl (C=O) groups excluding carboxylic acids is 3. The fourth-order valence-electron chi connectivity index (χ4n) is 3.83. The number of benzene rings is 1. The average molecular weight is 441 g/mol. The maximum atomic E-state index is 12.7. The Morgan fingerprint density at radius 3 is 2.17 bits per heavy atom. The third-order valence-corrected chi connectivity index (χ3v) is 6.11. The summed E-state index contributed by atoms with van der Waals surface area (Å²) in [4.78, 5) is 42.7. The van der Waals surface area contributed by atoms with E-state index in [1.807, 2.05) is 9.80 Å². The number of nitrogens with zero attached hydrogens (tertiary/aromatic N) is 3. The van der Waals surface area contributed by atoms with Gasteiger partial charge < -0.3 is 20.0 Å². The Hall–Kier alpha value is -1.99. The van der Waals surface area contributed by atoms with E-state index < -0.39 is 0 Å². The lowest BCUT2D eigenvalue weighted by molar-refractivity contribution is -0.138. The maximum absolute atomic E-state index is 12.7. The quantitative estimate of drug-likeness (QED) is 0.779. The molecule has 2 aliphatic heterocycles. The van der Waals surface area contributed by atoms with Crippen LogP contribution in [0.3, 0.4) is 0 Å². The number of likely N-dealkylation sites (N-methyl/N-ethyl adjacent to an activating group) is 1. The van der Waals surface area contributed by atoms with Gasteiger partial charge in [0.2, 0.25) is 11.8 Å². The SMILES string of the molecule is CN(CC(=O)Nc1c(Cl)cccc1Cl)C(=O)C1CCN(C(=O)N2CCCC2)CC1. The molecule has 0 aliphatic carbocycles. The monoisotopic (exact) mass is 440 g/mol. The average Bonchev–Trinajstić information content (AvgIpc) is 3.24. The Morgan fingerprint density at radius 2 is 1.59 bits per heavy atom. The number of likely N-dealkylation sites (tertiary alicyclic amines) is 2. The van der Waals surface area contributed by atoms with Crippen molar-refractivity contribution < 1.29 is 14.4 Å². The van der Waals surface area contributed by atoms with Crippen molar-refractivity contribution >= 4 is 46.7 Å². The molecule has 0 unspecified atom stereocenters. The molecular weight excluding hydrogens is 415 g/mol. The minimum absolute atomic E-state index is 0.0812. The molecule has 0 aromatic heterocycles. The fraction of sp³-hybridized carbons (Fsp3) is 0.550. The minimum Gasteiger partial charge on any atom is -0.336 e. The molecule has 29 heavy (non-hydrogen) atoms. The molecule has 7 nitrogen and oxygen atoms in total. The van der Waals surface area contributed by atoms with E-state index >= 15 is 0 Å². The van der Waals surface area contributed by atoms with E-state index in [9.17, 15) is 14.4 Å². The number of hydrogen-bond acceptors (Lipinski definition) is 3. The molecule has 1 N–H and O–H groups in total. The Morgan fingerprint density at radius 1 is 1.03 bits per heavy atom. The summed E-state index contributed by atoms with van der Waals surface area (Å²) in [6.07, 6.45) is 3.35. The lowest BCUT2D eigenvalue weighted by Gasteiger charge is -2.35. The number of anilines is 1. The highest BCUT2D eigenvalue weighted by Gasteiger charge is 2.32. The van der Waals surface area contributed by atoms with Crippen molar-refractivity contribution in [3.8, 4) is 0 Å². The van der Waals surface area contributed by atoms with Gasteiger partial charge in [0.25, 0.3) is 0 Å². The summed E-state index contributed by atoms with van der Waals surface area (Å²) >= 11 is 12.1. The van der Waals surface area contributed by atoms with Crippen molar-refractivity contribution in [3.05, 3.63) is 28.2 Å². The summed E-state index contributed by atoms with van der Waals surface area (Å²) < 4.78 is 0. The third-order valence-electron chi connectivity index (χ3n) is 5.48. The second-order valence-corrected chi connectivity index (χ2v) is 8.39. The summed E-state index contributed by atoms with van der Waals surface area (Å²) in [6.45, 7) is 2.70. The van der Waals surface area contributed by atoms with Crippen LogP contribution in [0, 0.1) is 5.92 Å². The minimum atomic E-state index is -0.363. The number of piperidine rings is 1. The number of hydrogen-bond donors (Lipinski definition) is 1. The van der Waals surface area contributed by atoms with Crippen LogP contribution < -0.4 is 5.32 Å². The normalized spacial score (nSPS) is 17.3. The van der Waals surface area contributed by atoms with E-state index in [0.717, 1.165) is 25.9 Å². The van der Waals surface area contributed by atoms with Gasteiger partial charge in [-0.3, -0.25) is 9.59 Å². The summed E-state index contributed by atoms with van der Waals surface area (Å²) in [5.41, 5.74) is 0.343. The van der Waals surface area contributed by atoms with E-state index in [1.165, 1.54) is 4.90 Å². The summed E-state index contributed by atoms with van der Waals surface area (Å²) in [6, 6.07) is 5.04. The first-order chi connectivity index (χ1) is 13.9. The molecule has 0 radical (unpaired) electrons. The van der Waals surface area contributed by atoms with Crippen molar-refractivity contribution in [2.75, 3.05) is 45.1 Å². The van der Waals surface area contributed by atoms with Crippen molar-refractivity contribution in [1.29, 1.82) is 0 Å². The number of urea groups is 1. The van der Waals surface area contributed by atoms with Crippen LogP contribution in [-0.2, 0) is 9.59 Å². The standard InChI is InChI=1S/C20H26Cl2N4O3/c1-24(13-17(27)23-18-15(21)5-4-6-16(18)22)19(28)14-7-11-26(12-8-14)20(29)25-9-2-3-10-25/h4-6,14H,2-3,7-13H2,1H3,(H,23,27). The van der Waals surface area contributed by atoms with E-state index in [4.69, 9.17) is 23.2 Å². The highest BCUT2D eigenvalue weighted by Crippen LogP contribution is 2.29. The van der Waals surface area contributed by atoms with Gasteiger partial charge in [0.05, 0.1) is 22.3 Å². The van der Waals surface area contributed by atoms with Gasteiger partial charge >= 0.3 is 6.03 Å². The predicted molar refractivity (Wildman–Crippen MR) is 113 cm³/mol. The van der Waals surface area contributed by atoms with Gasteiger partial charge in [-0.25, -0.2) is 4.79 Å². The van der Waals surface area contributed by atoms with Crippen molar-refractivity contribution in [3.63, 3.8) is 0 Å². The number of para-hydroxylation sites is 1. The van der Waals surface area contributed by atoms with Crippen LogP contribution >= 0.6 is 23.2 Å². The van der Waals surface area contributed by atoms with Gasteiger partial charge in [-0.1, -0.05) is 29.3 Å². The van der Waals surface area contributed by atoms with Crippen LogP contribution in [-0.4, -0.2) is 72.3 Å². The third kappa shape index (κ3) is 5.34. The van der Waals surface area contributed by atoms with E-state index in [-0.39, 0.29) is 30.3 Å². The first kappa shape index (κ1) is 21.7. The Bertz CT molecular complexity index is 755. The Balaban J connectivity index is 1.48. The van der Waals surface area contributed by atoms with E-state index in [2.05, 4.69) is 5.32 Å². The highest BCUT2D eigenvalue weighted by molar-refractivity contribution is 6.39. The zero-order chi connectivity index (χ0) is 21.0. The topological polar surface area (TPSA) is 73.0 Å². The molecule has 4 amide bonds. The number of amides is 4. The first-order valence-electron chi connectivity index (χ1n) is 9.89. The molecule has 158 valence electrons. The molecule has 2 fully saturated rings. The lowest BCUT2D eigenvalue weighted by Crippen LogP contribution is -2.48. The number of carbonyl (C=O) groups is 3. The van der Waals surface area contributed by atoms with Gasteiger partial charge in [0.15, 0.2) is 0 Å². The van der Waals surface area contributed by atoms with Gasteiger partial charge in [-0.05, 0) is 37.8 Å². The largest absolute Gasteiger partial charge is 0.336 e. The second kappa shape index (κ2) is 9.67.